The molecule has 3 aliphatic rings. The number of aryl methyl sites for hydroxylation is 1. The van der Waals surface area contributed by atoms with Gasteiger partial charge in [-0.1, -0.05) is 182 Å². The molecule has 2 nitrogen and oxygen atoms in total. The maximum absolute atomic E-state index is 6.54. The molecule has 2 heteroatoms. The average Bonchev–Trinajstić information content (AvgIpc) is 4.03. The third-order valence-corrected chi connectivity index (χ3v) is 15.1. The summed E-state index contributed by atoms with van der Waals surface area (Å²) in [5, 5.41) is 2.27. The fourth-order valence-corrected chi connectivity index (χ4v) is 12.2. The molecule has 0 N–H and O–H groups in total. The Balaban J connectivity index is 1.01. The van der Waals surface area contributed by atoms with Crippen molar-refractivity contribution >= 4 is 39.0 Å². The lowest BCUT2D eigenvalue weighted by molar-refractivity contribution is 0.670. The van der Waals surface area contributed by atoms with E-state index in [9.17, 15) is 0 Å². The predicted octanol–water partition coefficient (Wildman–Crippen LogP) is 17.3. The zero-order valence-corrected chi connectivity index (χ0v) is 37.0. The zero-order valence-electron chi connectivity index (χ0n) is 37.0. The van der Waals surface area contributed by atoms with Crippen LogP contribution in [0.2, 0.25) is 0 Å². The molecule has 0 atom stereocenters. The van der Waals surface area contributed by atoms with Crippen molar-refractivity contribution in [2.75, 3.05) is 4.90 Å². The van der Waals surface area contributed by atoms with E-state index in [0.29, 0.717) is 0 Å². The van der Waals surface area contributed by atoms with Crippen molar-refractivity contribution in [2.24, 2.45) is 0 Å². The molecular weight excluding hydrogens is 811 g/mol. The highest BCUT2D eigenvalue weighted by Gasteiger charge is 2.52. The van der Waals surface area contributed by atoms with Gasteiger partial charge in [0.15, 0.2) is 0 Å². The monoisotopic (exact) mass is 855 g/mol. The minimum atomic E-state index is -0.486. The average molecular weight is 856 g/mol. The van der Waals surface area contributed by atoms with Crippen LogP contribution < -0.4 is 4.90 Å². The van der Waals surface area contributed by atoms with Crippen molar-refractivity contribution in [1.82, 2.24) is 0 Å². The molecule has 0 saturated heterocycles. The molecule has 0 fully saturated rings. The molecule has 67 heavy (non-hydrogen) atoms. The van der Waals surface area contributed by atoms with Gasteiger partial charge in [-0.15, -0.1) is 0 Å². The van der Waals surface area contributed by atoms with Crippen LogP contribution in [0.1, 0.15) is 46.2 Å². The van der Waals surface area contributed by atoms with Crippen LogP contribution >= 0.6 is 0 Å². The van der Waals surface area contributed by atoms with Crippen molar-refractivity contribution in [3.63, 3.8) is 0 Å². The van der Waals surface area contributed by atoms with E-state index in [1.165, 1.54) is 97.2 Å². The Morgan fingerprint density at radius 1 is 0.358 bits per heavy atom. The van der Waals surface area contributed by atoms with Crippen LogP contribution in [0, 0.1) is 0 Å². The van der Waals surface area contributed by atoms with Crippen LogP contribution in [0.5, 0.6) is 0 Å². The first kappa shape index (κ1) is 38.1. The fraction of sp³-hybridized carbons (Fsp3) is 0.0769. The molecule has 14 rings (SSSR count). The number of furan rings is 1. The topological polar surface area (TPSA) is 16.4 Å². The summed E-state index contributed by atoms with van der Waals surface area (Å²) in [6.07, 6.45) is 4.85. The minimum absolute atomic E-state index is 0.486. The largest absolute Gasteiger partial charge is 0.455 e. The van der Waals surface area contributed by atoms with Gasteiger partial charge in [0.2, 0.25) is 0 Å². The van der Waals surface area contributed by atoms with Gasteiger partial charge in [0.05, 0.1) is 11.1 Å². The second kappa shape index (κ2) is 14.9. The molecule has 11 aromatic rings. The summed E-state index contributed by atoms with van der Waals surface area (Å²) < 4.78 is 6.54. The third kappa shape index (κ3) is 5.63. The first-order valence-electron chi connectivity index (χ1n) is 23.8. The number of rotatable bonds is 6. The van der Waals surface area contributed by atoms with Crippen molar-refractivity contribution < 1.29 is 4.42 Å². The highest BCUT2D eigenvalue weighted by molar-refractivity contribution is 6.09. The molecule has 0 unspecified atom stereocenters. The fourth-order valence-electron chi connectivity index (χ4n) is 12.2. The number of para-hydroxylation sites is 3. The second-order valence-electron chi connectivity index (χ2n) is 18.5. The minimum Gasteiger partial charge on any atom is -0.455 e. The summed E-state index contributed by atoms with van der Waals surface area (Å²) in [4.78, 5) is 2.48. The van der Waals surface area contributed by atoms with Crippen LogP contribution in [0.15, 0.2) is 229 Å². The number of benzene rings is 10. The predicted molar refractivity (Wildman–Crippen MR) is 278 cm³/mol. The second-order valence-corrected chi connectivity index (χ2v) is 18.5. The van der Waals surface area contributed by atoms with Crippen molar-refractivity contribution in [3.05, 3.63) is 258 Å². The molecule has 0 radical (unpaired) electrons. The van der Waals surface area contributed by atoms with Gasteiger partial charge >= 0.3 is 0 Å². The highest BCUT2D eigenvalue weighted by atomic mass is 16.3. The van der Waals surface area contributed by atoms with Gasteiger partial charge in [-0.2, -0.15) is 0 Å². The maximum atomic E-state index is 6.54. The molecule has 1 aromatic heterocycles. The normalized spacial score (nSPS) is 13.9. The zero-order chi connectivity index (χ0) is 44.1. The number of fused-ring (bicyclic) bond motifs is 14. The molecule has 0 bridgehead atoms. The molecule has 3 aliphatic carbocycles. The van der Waals surface area contributed by atoms with E-state index < -0.39 is 5.41 Å². The lowest BCUT2D eigenvalue weighted by Crippen LogP contribution is -2.26. The Kier molecular flexibility index (Phi) is 8.48. The van der Waals surface area contributed by atoms with E-state index in [2.05, 4.69) is 223 Å². The first-order valence-corrected chi connectivity index (χ1v) is 23.8. The molecule has 316 valence electrons. The Morgan fingerprint density at radius 2 is 0.881 bits per heavy atom. The molecule has 0 amide bonds. The highest BCUT2D eigenvalue weighted by Crippen LogP contribution is 2.64. The van der Waals surface area contributed by atoms with Gasteiger partial charge in [-0.25, -0.2) is 0 Å². The molecule has 0 saturated carbocycles. The van der Waals surface area contributed by atoms with Gasteiger partial charge in [-0.05, 0) is 146 Å². The molecule has 10 aromatic carbocycles. The van der Waals surface area contributed by atoms with Gasteiger partial charge in [0.1, 0.15) is 11.2 Å². The lowest BCUT2D eigenvalue weighted by Gasteiger charge is -2.33. The van der Waals surface area contributed by atoms with E-state index >= 15 is 0 Å². The summed E-state index contributed by atoms with van der Waals surface area (Å²) in [5.41, 5.74) is 25.4. The number of anilines is 3. The van der Waals surface area contributed by atoms with Crippen LogP contribution in [-0.4, -0.2) is 0 Å². The van der Waals surface area contributed by atoms with Gasteiger partial charge in [0.25, 0.3) is 0 Å². The van der Waals surface area contributed by atoms with E-state index in [-0.39, 0.29) is 0 Å². The van der Waals surface area contributed by atoms with Crippen molar-refractivity contribution in [3.8, 4) is 55.6 Å². The third-order valence-electron chi connectivity index (χ3n) is 15.1. The van der Waals surface area contributed by atoms with Crippen LogP contribution in [-0.2, 0) is 18.3 Å². The number of hydrogen-bond acceptors (Lipinski definition) is 2. The summed E-state index contributed by atoms with van der Waals surface area (Å²) in [6.45, 7) is 0. The van der Waals surface area contributed by atoms with Gasteiger partial charge < -0.3 is 9.32 Å². The Morgan fingerprint density at radius 3 is 1.61 bits per heavy atom. The maximum Gasteiger partial charge on any atom is 0.143 e. The number of nitrogens with zero attached hydrogens (tertiary/aromatic N) is 1. The van der Waals surface area contributed by atoms with Crippen LogP contribution in [0.25, 0.3) is 77.6 Å². The lowest BCUT2D eigenvalue weighted by atomic mass is 9.70. The summed E-state index contributed by atoms with van der Waals surface area (Å²) in [7, 11) is 0. The van der Waals surface area contributed by atoms with Crippen LogP contribution in [0.3, 0.4) is 0 Å². The Labute approximate surface area is 391 Å². The standard InChI is InChI=1S/C65H45NO/c1-2-18-46(19-3-1)66(47-38-36-44(37-39-47)50-26-15-27-55-54-24-9-13-31-63(54)67-64(50)55)62-41-61-57(40-56(62)45-34-32-43(33-35-45)49-25-14-17-42-16-4-5-20-48(42)49)53-23-8-12-30-60(53)65(61)58-28-10-6-21-51(58)52-22-7-11-29-59(52)65/h1-3,6-15,17-19,21-41H,4-5,16,20H2. The molecule has 0 aliphatic heterocycles. The number of hydrogen-bond donors (Lipinski definition) is 0. The van der Waals surface area contributed by atoms with E-state index in [4.69, 9.17) is 4.42 Å². The van der Waals surface area contributed by atoms with E-state index in [1.807, 2.05) is 6.07 Å². The van der Waals surface area contributed by atoms with E-state index in [0.717, 1.165) is 56.5 Å². The first-order chi connectivity index (χ1) is 33.2. The Hall–Kier alpha value is -8.20. The van der Waals surface area contributed by atoms with E-state index in [1.54, 1.807) is 0 Å². The summed E-state index contributed by atoms with van der Waals surface area (Å²) in [5.74, 6) is 0. The quantitative estimate of drug-likeness (QED) is 0.166. The van der Waals surface area contributed by atoms with Gasteiger partial charge in [0, 0.05) is 33.3 Å². The Bertz CT molecular complexity index is 3700. The smallest absolute Gasteiger partial charge is 0.143 e. The van der Waals surface area contributed by atoms with Gasteiger partial charge in [-0.3, -0.25) is 0 Å². The molecular formula is C65H45NO. The van der Waals surface area contributed by atoms with Crippen molar-refractivity contribution in [2.45, 2.75) is 31.1 Å². The summed E-state index contributed by atoms with van der Waals surface area (Å²) >= 11 is 0. The summed E-state index contributed by atoms with van der Waals surface area (Å²) in [6, 6.07) is 83.5. The molecule has 1 spiro atoms. The SMILES string of the molecule is c1ccc(N(c2ccc(-c3cccc4c3oc3ccccc34)cc2)c2cc3c(cc2-c2ccc(-c4cccc5c4CCCC5)cc2)-c2ccccc2C32c3ccccc3-c3ccccc32)cc1. The molecule has 1 heterocycles. The van der Waals surface area contributed by atoms with Crippen molar-refractivity contribution in [1.29, 1.82) is 0 Å². The van der Waals surface area contributed by atoms with Crippen LogP contribution in [0.4, 0.5) is 17.1 Å².